The summed E-state index contributed by atoms with van der Waals surface area (Å²) in [6.07, 6.45) is 10.5. The molecule has 1 N–H and O–H groups in total. The Kier molecular flexibility index (Phi) is 24.7. The maximum atomic E-state index is 10.9. The third-order valence-electron chi connectivity index (χ3n) is 5.48. The van der Waals surface area contributed by atoms with Gasteiger partial charge in [0.25, 0.3) is 0 Å². The number of nitrogens with one attached hydrogen (secondary N) is 1. The maximum absolute atomic E-state index is 10.9. The van der Waals surface area contributed by atoms with Gasteiger partial charge in [-0.15, -0.1) is 0 Å². The Labute approximate surface area is 269 Å². The van der Waals surface area contributed by atoms with Crippen molar-refractivity contribution in [2.75, 3.05) is 5.33 Å². The first-order valence-electron chi connectivity index (χ1n) is 15.0. The fourth-order valence-electron chi connectivity index (χ4n) is 3.69. The van der Waals surface area contributed by atoms with Gasteiger partial charge >= 0.3 is 0 Å². The van der Waals surface area contributed by atoms with Gasteiger partial charge in [0.2, 0.25) is 0 Å². The van der Waals surface area contributed by atoms with E-state index in [1.165, 1.54) is 22.3 Å². The first-order valence-corrected chi connectivity index (χ1v) is 16.5. The molecule has 0 radical (unpaired) electrons. The summed E-state index contributed by atoms with van der Waals surface area (Å²) in [7, 11) is 0. The van der Waals surface area contributed by atoms with Crippen molar-refractivity contribution in [1.29, 1.82) is 0 Å². The highest BCUT2D eigenvalue weighted by atomic mass is 79.9. The van der Waals surface area contributed by atoms with Crippen molar-refractivity contribution in [3.8, 4) is 0 Å². The lowest BCUT2D eigenvalue weighted by molar-refractivity contribution is -0.115. The van der Waals surface area contributed by atoms with Crippen LogP contribution in [-0.2, 0) is 24.1 Å². The van der Waals surface area contributed by atoms with Crippen LogP contribution < -0.4 is 5.32 Å². The Balaban J connectivity index is 0.000000552. The molecule has 0 unspecified atom stereocenters. The van der Waals surface area contributed by atoms with Crippen molar-refractivity contribution in [2.45, 2.75) is 73.6 Å². The Bertz CT molecular complexity index is 1190. The average Bonchev–Trinajstić information content (AvgIpc) is 3.73. The van der Waals surface area contributed by atoms with Crippen LogP contribution in [0.1, 0.15) is 71.1 Å². The maximum Gasteiger partial charge on any atom is 0.147 e. The molecule has 3 aromatic rings. The SMILES string of the molecule is C1=NC=C(Cc2ccccc2)C1.CC.CC.CC.O=C(CBr)Cc1ccccc1.S=C1CC(Cc2ccccc2)=CN1. The number of Topliss-reactive ketones (excluding diaryl/α,β-unsaturated/α-hetero) is 1. The van der Waals surface area contributed by atoms with Crippen molar-refractivity contribution in [3.05, 3.63) is 131 Å². The van der Waals surface area contributed by atoms with Crippen LogP contribution in [0.15, 0.2) is 120 Å². The standard InChI is InChI=1S/C11H11NS.C11H11N.C9H9BrO.3C2H6/c13-11-7-10(8-12-11)6-9-4-2-1-3-5-9;1-2-4-10(5-3-1)8-11-6-7-12-9-11;10-7-9(11)6-8-4-2-1-3-5-8;3*1-2/h1-5,8H,6-7H2,(H,12,13);1-5,7,9H,6,8H2;1-5H,6-7H2;3*1-2H3. The molecule has 5 heteroatoms. The Morgan fingerprint density at radius 2 is 1.19 bits per heavy atom. The molecule has 0 amide bonds. The molecule has 3 aromatic carbocycles. The normalized spacial score (nSPS) is 11.9. The van der Waals surface area contributed by atoms with E-state index >= 15 is 0 Å². The highest BCUT2D eigenvalue weighted by molar-refractivity contribution is 9.09. The van der Waals surface area contributed by atoms with Crippen molar-refractivity contribution < 1.29 is 4.79 Å². The van der Waals surface area contributed by atoms with E-state index in [1.807, 2.05) is 103 Å². The largest absolute Gasteiger partial charge is 0.356 e. The zero-order chi connectivity index (χ0) is 31.4. The number of thiocarbonyl (C=S) groups is 1. The van der Waals surface area contributed by atoms with Crippen molar-refractivity contribution in [2.24, 2.45) is 4.99 Å². The second-order valence-corrected chi connectivity index (χ2v) is 9.58. The minimum absolute atomic E-state index is 0.219. The van der Waals surface area contributed by atoms with E-state index in [0.29, 0.717) is 11.8 Å². The van der Waals surface area contributed by atoms with Crippen LogP contribution in [-0.4, -0.2) is 22.3 Å². The third kappa shape index (κ3) is 18.3. The minimum Gasteiger partial charge on any atom is -0.356 e. The molecule has 0 atom stereocenters. The van der Waals surface area contributed by atoms with Gasteiger partial charge in [-0.25, -0.2) is 0 Å². The van der Waals surface area contributed by atoms with Crippen molar-refractivity contribution in [3.63, 3.8) is 0 Å². The van der Waals surface area contributed by atoms with Crippen LogP contribution in [0.25, 0.3) is 0 Å². The number of hydrogen-bond donors (Lipinski definition) is 1. The number of carbonyl (C=O) groups excluding carboxylic acids is 1. The van der Waals surface area contributed by atoms with Crippen LogP contribution in [0.5, 0.6) is 0 Å². The predicted molar refractivity (Wildman–Crippen MR) is 193 cm³/mol. The third-order valence-corrected chi connectivity index (χ3v) is 6.37. The molecule has 3 nitrogen and oxygen atoms in total. The summed E-state index contributed by atoms with van der Waals surface area (Å²) in [4.78, 5) is 15.9. The molecule has 0 saturated heterocycles. The number of rotatable bonds is 7. The van der Waals surface area contributed by atoms with Gasteiger partial charge in [-0.05, 0) is 40.7 Å². The van der Waals surface area contributed by atoms with E-state index in [0.717, 1.165) is 36.2 Å². The van der Waals surface area contributed by atoms with Crippen LogP contribution in [0.2, 0.25) is 0 Å². The van der Waals surface area contributed by atoms with Crippen LogP contribution >= 0.6 is 28.1 Å². The van der Waals surface area contributed by atoms with E-state index in [2.05, 4.69) is 74.8 Å². The van der Waals surface area contributed by atoms with Gasteiger partial charge in [0, 0.05) is 37.9 Å². The fourth-order valence-corrected chi connectivity index (χ4v) is 4.13. The molecule has 0 spiro atoms. The molecule has 2 aliphatic rings. The number of ketones is 1. The lowest BCUT2D eigenvalue weighted by Gasteiger charge is -1.99. The van der Waals surface area contributed by atoms with E-state index in [-0.39, 0.29) is 5.78 Å². The second kappa shape index (κ2) is 26.7. The van der Waals surface area contributed by atoms with E-state index in [9.17, 15) is 4.79 Å². The fraction of sp³-hybridized carbons (Fsp3) is 0.324. The van der Waals surface area contributed by atoms with Gasteiger partial charge in [-0.3, -0.25) is 9.79 Å². The van der Waals surface area contributed by atoms with Gasteiger partial charge in [0.1, 0.15) is 5.78 Å². The van der Waals surface area contributed by atoms with E-state index in [1.54, 1.807) is 0 Å². The average molecular weight is 650 g/mol. The molecule has 2 aliphatic heterocycles. The monoisotopic (exact) mass is 648 g/mol. The van der Waals surface area contributed by atoms with Crippen LogP contribution in [0.4, 0.5) is 0 Å². The quantitative estimate of drug-likeness (QED) is 0.205. The minimum atomic E-state index is 0.219. The smallest absolute Gasteiger partial charge is 0.147 e. The molecule has 0 saturated carbocycles. The molecule has 226 valence electrons. The molecule has 0 bridgehead atoms. The Hall–Kier alpha value is -3.15. The first-order chi connectivity index (χ1) is 20.6. The Morgan fingerprint density at radius 3 is 1.57 bits per heavy atom. The zero-order valence-electron chi connectivity index (χ0n) is 26.3. The molecule has 42 heavy (non-hydrogen) atoms. The summed E-state index contributed by atoms with van der Waals surface area (Å²) < 4.78 is 0. The summed E-state index contributed by atoms with van der Waals surface area (Å²) in [5, 5.41) is 3.51. The molecule has 0 fully saturated rings. The number of carbonyl (C=O) groups is 1. The summed E-state index contributed by atoms with van der Waals surface area (Å²) in [6.45, 7) is 12.0. The zero-order valence-corrected chi connectivity index (χ0v) is 28.7. The van der Waals surface area contributed by atoms with Crippen molar-refractivity contribution in [1.82, 2.24) is 5.32 Å². The molecule has 0 aliphatic carbocycles. The molecular formula is C37H49BrN2OS. The lowest BCUT2D eigenvalue weighted by atomic mass is 10.1. The highest BCUT2D eigenvalue weighted by Gasteiger charge is 2.08. The number of nitrogens with zero attached hydrogens (tertiary/aromatic N) is 1. The molecule has 5 rings (SSSR count). The van der Waals surface area contributed by atoms with Gasteiger partial charge < -0.3 is 5.32 Å². The van der Waals surface area contributed by atoms with Crippen molar-refractivity contribution >= 4 is 45.1 Å². The van der Waals surface area contributed by atoms with Gasteiger partial charge in [-0.2, -0.15) is 0 Å². The number of halogens is 1. The molecule has 0 aromatic heterocycles. The van der Waals surface area contributed by atoms with Gasteiger partial charge in [0.05, 0.1) is 10.3 Å². The molecule has 2 heterocycles. The summed E-state index contributed by atoms with van der Waals surface area (Å²) in [6, 6.07) is 30.7. The summed E-state index contributed by atoms with van der Waals surface area (Å²) >= 11 is 8.17. The highest BCUT2D eigenvalue weighted by Crippen LogP contribution is 2.15. The number of aliphatic imine (C=N–C) groups is 1. The first kappa shape index (κ1) is 38.9. The summed E-state index contributed by atoms with van der Waals surface area (Å²) in [5.74, 6) is 0.219. The predicted octanol–water partition coefficient (Wildman–Crippen LogP) is 10.3. The van der Waals surface area contributed by atoms with Crippen LogP contribution in [0.3, 0.4) is 0 Å². The number of alkyl halides is 1. The van der Waals surface area contributed by atoms with E-state index < -0.39 is 0 Å². The molecular weight excluding hydrogens is 600 g/mol. The Morgan fingerprint density at radius 1 is 0.738 bits per heavy atom. The van der Waals surface area contributed by atoms with E-state index in [4.69, 9.17) is 12.2 Å². The van der Waals surface area contributed by atoms with Gasteiger partial charge in [-0.1, -0.05) is 161 Å². The van der Waals surface area contributed by atoms with Crippen LogP contribution in [0, 0.1) is 0 Å². The number of benzene rings is 3. The number of hydrogen-bond acceptors (Lipinski definition) is 3. The number of allylic oxidation sites excluding steroid dienone is 1. The lowest BCUT2D eigenvalue weighted by Crippen LogP contribution is -2.05. The topological polar surface area (TPSA) is 41.5 Å². The second-order valence-electron chi connectivity index (χ2n) is 8.53. The summed E-state index contributed by atoms with van der Waals surface area (Å²) in [5.41, 5.74) is 6.57. The van der Waals surface area contributed by atoms with Gasteiger partial charge in [0.15, 0.2) is 0 Å².